The van der Waals surface area contributed by atoms with E-state index in [4.69, 9.17) is 9.85 Å². The fourth-order valence-corrected chi connectivity index (χ4v) is 5.05. The number of anilines is 1. The second kappa shape index (κ2) is 7.68. The number of sulfonamides is 1. The van der Waals surface area contributed by atoms with Crippen LogP contribution in [0.5, 0.6) is 0 Å². The summed E-state index contributed by atoms with van der Waals surface area (Å²) in [5.41, 5.74) is 9.88. The van der Waals surface area contributed by atoms with Crippen LogP contribution in [0.25, 0.3) is 22.5 Å². The van der Waals surface area contributed by atoms with Crippen LogP contribution in [0.1, 0.15) is 32.9 Å². The lowest BCUT2D eigenvalue weighted by Crippen LogP contribution is -2.31. The number of nitrogens with zero attached hydrogens (tertiary/aromatic N) is 3. The lowest BCUT2D eigenvalue weighted by atomic mass is 9.96. The number of nitrogen functional groups attached to an aromatic ring is 1. The highest BCUT2D eigenvalue weighted by Gasteiger charge is 2.35. The van der Waals surface area contributed by atoms with Crippen molar-refractivity contribution >= 4 is 21.7 Å². The zero-order chi connectivity index (χ0) is 25.0. The van der Waals surface area contributed by atoms with Crippen LogP contribution >= 0.6 is 0 Å². The van der Waals surface area contributed by atoms with E-state index >= 15 is 0 Å². The Bertz CT molecular complexity index is 1420. The molecule has 0 spiro atoms. The molecule has 1 aliphatic heterocycles. The van der Waals surface area contributed by atoms with Gasteiger partial charge in [0.05, 0.1) is 16.8 Å². The maximum absolute atomic E-state index is 13.0. The number of aromatic nitrogens is 2. The summed E-state index contributed by atoms with van der Waals surface area (Å²) in [6.45, 7) is -2.18. The molecule has 3 aromatic rings. The van der Waals surface area contributed by atoms with Crippen LogP contribution in [0.4, 0.5) is 5.82 Å². The third kappa shape index (κ3) is 3.63. The van der Waals surface area contributed by atoms with Crippen LogP contribution in [0, 0.1) is 0 Å². The van der Waals surface area contributed by atoms with E-state index < -0.39 is 23.0 Å². The summed E-state index contributed by atoms with van der Waals surface area (Å²) in [5.74, 6) is 0.116. The molecule has 1 aromatic heterocycles. The zero-order valence-electron chi connectivity index (χ0n) is 20.1. The van der Waals surface area contributed by atoms with Gasteiger partial charge in [0.1, 0.15) is 11.5 Å². The van der Waals surface area contributed by atoms with Crippen molar-refractivity contribution in [3.63, 3.8) is 0 Å². The van der Waals surface area contributed by atoms with Crippen molar-refractivity contribution in [3.05, 3.63) is 59.8 Å². The monoisotopic (exact) mass is 452 g/mol. The molecular formula is C23H23N5O3S. The standard InChI is InChI=1S/C23H23N5O3S/c1-28(17-5-6-17)32(30,31)18-7-2-14(3-8-18)20-13-26-22(24)21(27-20)16-4-9-19-15(12-16)10-11-25-23(19)29/h2-4,7-9,12-13,17H,5-6,10-11H2,1H3,(H2,24,26)(H,25,29)/i1D3. The van der Waals surface area contributed by atoms with Crippen LogP contribution in [-0.2, 0) is 16.4 Å². The SMILES string of the molecule is [2H]C([2H])([2H])N(C1CC1)S(=O)(=O)c1ccc(-c2cnc(N)c(-c3ccc4c(c3)CCNC4=O)n2)cc1. The molecule has 1 aliphatic carbocycles. The molecule has 5 rings (SSSR count). The minimum atomic E-state index is -4.18. The van der Waals surface area contributed by atoms with Gasteiger partial charge in [0.2, 0.25) is 10.0 Å². The summed E-state index contributed by atoms with van der Waals surface area (Å²) in [4.78, 5) is 20.8. The van der Waals surface area contributed by atoms with Gasteiger partial charge in [-0.2, -0.15) is 4.31 Å². The normalized spacial score (nSPS) is 17.8. The molecule has 2 aromatic carbocycles. The van der Waals surface area contributed by atoms with Gasteiger partial charge < -0.3 is 11.1 Å². The first kappa shape index (κ1) is 17.3. The van der Waals surface area contributed by atoms with Crippen molar-refractivity contribution in [2.75, 3.05) is 19.3 Å². The molecule has 1 amide bonds. The Morgan fingerprint density at radius 2 is 1.91 bits per heavy atom. The molecule has 8 nitrogen and oxygen atoms in total. The van der Waals surface area contributed by atoms with Gasteiger partial charge in [0.15, 0.2) is 0 Å². The molecule has 2 heterocycles. The van der Waals surface area contributed by atoms with Crippen LogP contribution in [-0.4, -0.2) is 48.2 Å². The van der Waals surface area contributed by atoms with Crippen LogP contribution in [0.3, 0.4) is 0 Å². The fraction of sp³-hybridized carbons (Fsp3) is 0.261. The third-order valence-corrected chi connectivity index (χ3v) is 7.37. The van der Waals surface area contributed by atoms with E-state index in [-0.39, 0.29) is 16.6 Å². The van der Waals surface area contributed by atoms with Crippen molar-refractivity contribution in [2.45, 2.75) is 30.2 Å². The summed E-state index contributed by atoms with van der Waals surface area (Å²) in [6, 6.07) is 10.8. The first-order chi connectivity index (χ1) is 16.6. The zero-order valence-corrected chi connectivity index (χ0v) is 17.9. The van der Waals surface area contributed by atoms with Crippen molar-refractivity contribution in [1.29, 1.82) is 0 Å². The molecule has 1 fully saturated rings. The fourth-order valence-electron chi connectivity index (χ4n) is 3.74. The number of carbonyl (C=O) groups excluding carboxylic acids is 1. The number of fused-ring (bicyclic) bond motifs is 1. The molecule has 0 unspecified atom stereocenters. The Morgan fingerprint density at radius 3 is 2.62 bits per heavy atom. The van der Waals surface area contributed by atoms with Crippen LogP contribution in [0.15, 0.2) is 53.6 Å². The summed E-state index contributed by atoms with van der Waals surface area (Å²) in [5, 5.41) is 2.81. The molecule has 0 saturated heterocycles. The molecule has 0 bridgehead atoms. The summed E-state index contributed by atoms with van der Waals surface area (Å²) >= 11 is 0. The molecule has 0 radical (unpaired) electrons. The van der Waals surface area contributed by atoms with Gasteiger partial charge in [-0.25, -0.2) is 18.4 Å². The summed E-state index contributed by atoms with van der Waals surface area (Å²) < 4.78 is 49.7. The highest BCUT2D eigenvalue weighted by atomic mass is 32.2. The van der Waals surface area contributed by atoms with Crippen LogP contribution < -0.4 is 11.1 Å². The van der Waals surface area contributed by atoms with Gasteiger partial charge in [-0.05, 0) is 49.1 Å². The summed E-state index contributed by atoms with van der Waals surface area (Å²) in [7, 11) is -4.18. The van der Waals surface area contributed by atoms with E-state index in [1.807, 2.05) is 6.07 Å². The Balaban J connectivity index is 1.47. The first-order valence-corrected chi connectivity index (χ1v) is 11.7. The molecule has 0 atom stereocenters. The predicted molar refractivity (Wildman–Crippen MR) is 121 cm³/mol. The molecule has 1 saturated carbocycles. The number of nitrogens with one attached hydrogen (secondary N) is 1. The second-order valence-electron chi connectivity index (χ2n) is 7.92. The van der Waals surface area contributed by atoms with E-state index in [1.165, 1.54) is 18.3 Å². The average Bonchev–Trinajstić information content (AvgIpc) is 3.63. The number of amides is 1. The topological polar surface area (TPSA) is 118 Å². The third-order valence-electron chi connectivity index (χ3n) is 5.69. The first-order valence-electron chi connectivity index (χ1n) is 11.7. The summed E-state index contributed by atoms with van der Waals surface area (Å²) in [6.07, 6.45) is 3.26. The van der Waals surface area contributed by atoms with E-state index in [1.54, 1.807) is 24.3 Å². The average molecular weight is 453 g/mol. The Kier molecular flexibility index (Phi) is 4.15. The smallest absolute Gasteiger partial charge is 0.251 e. The molecule has 3 N–H and O–H groups in total. The van der Waals surface area contributed by atoms with E-state index in [0.717, 1.165) is 11.1 Å². The predicted octanol–water partition coefficient (Wildman–Crippen LogP) is 2.46. The van der Waals surface area contributed by atoms with E-state index in [2.05, 4.69) is 15.3 Å². The largest absolute Gasteiger partial charge is 0.382 e. The van der Waals surface area contributed by atoms with Gasteiger partial charge in [0, 0.05) is 40.4 Å². The van der Waals surface area contributed by atoms with Gasteiger partial charge in [-0.15, -0.1) is 0 Å². The molecule has 164 valence electrons. The number of hydrogen-bond acceptors (Lipinski definition) is 6. The van der Waals surface area contributed by atoms with Gasteiger partial charge in [-0.3, -0.25) is 4.79 Å². The van der Waals surface area contributed by atoms with Crippen molar-refractivity contribution < 1.29 is 17.3 Å². The molecule has 9 heteroatoms. The number of carbonyl (C=O) groups is 1. The number of rotatable bonds is 5. The quantitative estimate of drug-likeness (QED) is 0.614. The highest BCUT2D eigenvalue weighted by molar-refractivity contribution is 7.89. The van der Waals surface area contributed by atoms with E-state index in [0.29, 0.717) is 52.6 Å². The number of nitrogens with two attached hydrogens (primary N) is 1. The van der Waals surface area contributed by atoms with E-state index in [9.17, 15) is 13.2 Å². The lowest BCUT2D eigenvalue weighted by Gasteiger charge is -2.17. The molecular weight excluding hydrogens is 426 g/mol. The van der Waals surface area contributed by atoms with Crippen molar-refractivity contribution in [2.24, 2.45) is 0 Å². The Labute approximate surface area is 190 Å². The molecule has 32 heavy (non-hydrogen) atoms. The lowest BCUT2D eigenvalue weighted by molar-refractivity contribution is 0.0946. The van der Waals surface area contributed by atoms with Crippen molar-refractivity contribution in [3.8, 4) is 22.5 Å². The second-order valence-corrected chi connectivity index (χ2v) is 9.74. The molecule has 2 aliphatic rings. The highest BCUT2D eigenvalue weighted by Crippen LogP contribution is 2.32. The minimum Gasteiger partial charge on any atom is -0.382 e. The van der Waals surface area contributed by atoms with Gasteiger partial charge >= 0.3 is 0 Å². The Morgan fingerprint density at radius 1 is 1.16 bits per heavy atom. The maximum Gasteiger partial charge on any atom is 0.251 e. The Hall–Kier alpha value is -3.30. The van der Waals surface area contributed by atoms with Gasteiger partial charge in [0.25, 0.3) is 5.91 Å². The maximum atomic E-state index is 13.0. The minimum absolute atomic E-state index is 0.0964. The van der Waals surface area contributed by atoms with Crippen molar-refractivity contribution in [1.82, 2.24) is 19.6 Å². The number of benzene rings is 2. The van der Waals surface area contributed by atoms with Crippen LogP contribution in [0.2, 0.25) is 0 Å². The van der Waals surface area contributed by atoms with Gasteiger partial charge in [-0.1, -0.05) is 18.2 Å². The number of hydrogen-bond donors (Lipinski definition) is 2.